The van der Waals surface area contributed by atoms with Gasteiger partial charge in [0.15, 0.2) is 0 Å². The van der Waals surface area contributed by atoms with Crippen LogP contribution in [0.2, 0.25) is 0 Å². The lowest BCUT2D eigenvalue weighted by molar-refractivity contribution is -0.385. The summed E-state index contributed by atoms with van der Waals surface area (Å²) in [5, 5.41) is 13.4. The Bertz CT molecular complexity index is 887. The molecule has 3 rings (SSSR count). The second-order valence-corrected chi connectivity index (χ2v) is 5.21. The lowest BCUT2D eigenvalue weighted by Crippen LogP contribution is -2.14. The van der Waals surface area contributed by atoms with Crippen LogP contribution in [0.15, 0.2) is 61.1 Å². The third-order valence-corrected chi connectivity index (χ3v) is 3.54. The van der Waals surface area contributed by atoms with Crippen LogP contribution in [-0.4, -0.2) is 20.4 Å². The van der Waals surface area contributed by atoms with E-state index in [2.05, 4.69) is 10.3 Å². The second-order valence-electron chi connectivity index (χ2n) is 5.21. The maximum atomic E-state index is 12.3. The maximum Gasteiger partial charge on any atom is 0.287 e. The van der Waals surface area contributed by atoms with Crippen molar-refractivity contribution in [2.24, 2.45) is 0 Å². The van der Waals surface area contributed by atoms with Crippen LogP contribution in [0.25, 0.3) is 5.69 Å². The Morgan fingerprint density at radius 3 is 2.46 bits per heavy atom. The molecule has 7 heteroatoms. The van der Waals surface area contributed by atoms with E-state index in [9.17, 15) is 14.9 Å². The van der Waals surface area contributed by atoms with Crippen molar-refractivity contribution in [3.8, 4) is 5.69 Å². The number of hydrogen-bond acceptors (Lipinski definition) is 4. The molecule has 120 valence electrons. The van der Waals surface area contributed by atoms with Crippen LogP contribution in [0.5, 0.6) is 0 Å². The van der Waals surface area contributed by atoms with Gasteiger partial charge < -0.3 is 9.88 Å². The van der Waals surface area contributed by atoms with Crippen molar-refractivity contribution < 1.29 is 9.72 Å². The van der Waals surface area contributed by atoms with E-state index in [1.165, 1.54) is 6.07 Å². The SMILES string of the molecule is Cc1cc([N+](=O)[O-])cnc1NC(=O)c1ccc(-n2cccc2)cc1. The molecule has 2 aromatic heterocycles. The highest BCUT2D eigenvalue weighted by atomic mass is 16.6. The average molecular weight is 322 g/mol. The molecule has 0 saturated heterocycles. The number of amides is 1. The van der Waals surface area contributed by atoms with Gasteiger partial charge in [-0.3, -0.25) is 14.9 Å². The number of nitro groups is 1. The van der Waals surface area contributed by atoms with Crippen LogP contribution in [0.3, 0.4) is 0 Å². The molecule has 0 bridgehead atoms. The van der Waals surface area contributed by atoms with E-state index in [1.807, 2.05) is 41.2 Å². The van der Waals surface area contributed by atoms with Gasteiger partial charge in [0, 0.05) is 29.7 Å². The molecule has 1 aromatic carbocycles. The highest BCUT2D eigenvalue weighted by molar-refractivity contribution is 6.04. The molecule has 24 heavy (non-hydrogen) atoms. The van der Waals surface area contributed by atoms with Crippen molar-refractivity contribution in [1.82, 2.24) is 9.55 Å². The molecule has 0 aliphatic rings. The summed E-state index contributed by atoms with van der Waals surface area (Å²) in [7, 11) is 0. The maximum absolute atomic E-state index is 12.3. The average Bonchev–Trinajstić information content (AvgIpc) is 3.11. The van der Waals surface area contributed by atoms with Gasteiger partial charge in [0.1, 0.15) is 12.0 Å². The quantitative estimate of drug-likeness (QED) is 0.589. The summed E-state index contributed by atoms with van der Waals surface area (Å²) in [6.07, 6.45) is 4.95. The van der Waals surface area contributed by atoms with Gasteiger partial charge in [0.05, 0.1) is 4.92 Å². The summed E-state index contributed by atoms with van der Waals surface area (Å²) in [6, 6.07) is 12.3. The number of aryl methyl sites for hydroxylation is 1. The number of benzene rings is 1. The number of nitrogens with one attached hydrogen (secondary N) is 1. The number of pyridine rings is 1. The Labute approximate surface area is 137 Å². The predicted octanol–water partition coefficient (Wildman–Crippen LogP) is 3.34. The Balaban J connectivity index is 1.76. The number of hydrogen-bond donors (Lipinski definition) is 1. The minimum atomic E-state index is -0.522. The summed E-state index contributed by atoms with van der Waals surface area (Å²) in [5.74, 6) is -0.0152. The lowest BCUT2D eigenvalue weighted by atomic mass is 10.2. The fourth-order valence-corrected chi connectivity index (χ4v) is 2.26. The molecular formula is C17H14N4O3. The Kier molecular flexibility index (Phi) is 4.07. The first-order chi connectivity index (χ1) is 11.5. The van der Waals surface area contributed by atoms with Gasteiger partial charge in [0.25, 0.3) is 11.6 Å². The van der Waals surface area contributed by atoms with Crippen molar-refractivity contribution in [3.63, 3.8) is 0 Å². The molecule has 2 heterocycles. The second kappa shape index (κ2) is 6.33. The molecule has 1 amide bonds. The van der Waals surface area contributed by atoms with Gasteiger partial charge >= 0.3 is 0 Å². The number of carbonyl (C=O) groups is 1. The third kappa shape index (κ3) is 3.14. The first-order valence-electron chi connectivity index (χ1n) is 7.20. The van der Waals surface area contributed by atoms with Crippen molar-refractivity contribution in [3.05, 3.63) is 82.3 Å². The van der Waals surface area contributed by atoms with Crippen LogP contribution in [0, 0.1) is 17.0 Å². The zero-order valence-electron chi connectivity index (χ0n) is 12.8. The molecule has 0 unspecified atom stereocenters. The van der Waals surface area contributed by atoms with Gasteiger partial charge in [-0.05, 0) is 48.9 Å². The summed E-state index contributed by atoms with van der Waals surface area (Å²) in [5.41, 5.74) is 1.84. The molecular weight excluding hydrogens is 308 g/mol. The standard InChI is InChI=1S/C17H14N4O3/c1-12-10-15(21(23)24)11-18-16(12)19-17(22)13-4-6-14(7-5-13)20-8-2-3-9-20/h2-11H,1H3,(H,18,19,22). The number of carbonyl (C=O) groups excluding carboxylic acids is 1. The molecule has 0 aliphatic carbocycles. The Morgan fingerprint density at radius 2 is 1.88 bits per heavy atom. The highest BCUT2D eigenvalue weighted by Gasteiger charge is 2.13. The fraction of sp³-hybridized carbons (Fsp3) is 0.0588. The van der Waals surface area contributed by atoms with Gasteiger partial charge in [0.2, 0.25) is 0 Å². The van der Waals surface area contributed by atoms with Crippen molar-refractivity contribution >= 4 is 17.4 Å². The third-order valence-electron chi connectivity index (χ3n) is 3.54. The largest absolute Gasteiger partial charge is 0.324 e. The zero-order valence-corrected chi connectivity index (χ0v) is 12.8. The van der Waals surface area contributed by atoms with Crippen LogP contribution < -0.4 is 5.32 Å². The van der Waals surface area contributed by atoms with Crippen molar-refractivity contribution in [2.75, 3.05) is 5.32 Å². The predicted molar refractivity (Wildman–Crippen MR) is 89.4 cm³/mol. The van der Waals surface area contributed by atoms with Crippen molar-refractivity contribution in [2.45, 2.75) is 6.92 Å². The molecule has 0 fully saturated rings. The summed E-state index contributed by atoms with van der Waals surface area (Å²) in [6.45, 7) is 1.66. The van der Waals surface area contributed by atoms with Gasteiger partial charge in [-0.1, -0.05) is 0 Å². The summed E-state index contributed by atoms with van der Waals surface area (Å²) in [4.78, 5) is 26.4. The Morgan fingerprint density at radius 1 is 1.21 bits per heavy atom. The topological polar surface area (TPSA) is 90.1 Å². The molecule has 7 nitrogen and oxygen atoms in total. The van der Waals surface area contributed by atoms with E-state index < -0.39 is 4.92 Å². The zero-order chi connectivity index (χ0) is 17.1. The van der Waals surface area contributed by atoms with E-state index in [0.29, 0.717) is 16.9 Å². The molecule has 3 aromatic rings. The van der Waals surface area contributed by atoms with E-state index in [1.54, 1.807) is 19.1 Å². The minimum absolute atomic E-state index is 0.110. The molecule has 1 N–H and O–H groups in total. The Hall–Kier alpha value is -3.48. The smallest absolute Gasteiger partial charge is 0.287 e. The molecule has 0 spiro atoms. The normalized spacial score (nSPS) is 10.4. The molecule has 0 aliphatic heterocycles. The molecule has 0 saturated carbocycles. The van der Waals surface area contributed by atoms with Gasteiger partial charge in [-0.25, -0.2) is 4.98 Å². The monoisotopic (exact) mass is 322 g/mol. The van der Waals surface area contributed by atoms with E-state index >= 15 is 0 Å². The van der Waals surface area contributed by atoms with Crippen LogP contribution in [0.4, 0.5) is 11.5 Å². The van der Waals surface area contributed by atoms with Crippen molar-refractivity contribution in [1.29, 1.82) is 0 Å². The van der Waals surface area contributed by atoms with Gasteiger partial charge in [-0.2, -0.15) is 0 Å². The van der Waals surface area contributed by atoms with Gasteiger partial charge in [-0.15, -0.1) is 0 Å². The number of rotatable bonds is 4. The lowest BCUT2D eigenvalue weighted by Gasteiger charge is -2.08. The summed E-state index contributed by atoms with van der Waals surface area (Å²) >= 11 is 0. The van der Waals surface area contributed by atoms with E-state index in [4.69, 9.17) is 0 Å². The van der Waals surface area contributed by atoms with Crippen LogP contribution in [0.1, 0.15) is 15.9 Å². The number of nitrogens with zero attached hydrogens (tertiary/aromatic N) is 3. The number of anilines is 1. The summed E-state index contributed by atoms with van der Waals surface area (Å²) < 4.78 is 1.93. The fourth-order valence-electron chi connectivity index (χ4n) is 2.26. The van der Waals surface area contributed by atoms with E-state index in [-0.39, 0.29) is 11.6 Å². The molecule has 0 atom stereocenters. The first-order valence-corrected chi connectivity index (χ1v) is 7.20. The van der Waals surface area contributed by atoms with Crippen LogP contribution in [-0.2, 0) is 0 Å². The molecule has 0 radical (unpaired) electrons. The van der Waals surface area contributed by atoms with Crippen LogP contribution >= 0.6 is 0 Å². The number of aromatic nitrogens is 2. The minimum Gasteiger partial charge on any atom is -0.324 e. The first kappa shape index (κ1) is 15.4. The highest BCUT2D eigenvalue weighted by Crippen LogP contribution is 2.19. The van der Waals surface area contributed by atoms with E-state index in [0.717, 1.165) is 11.9 Å².